The van der Waals surface area contributed by atoms with Crippen LogP contribution in [0.15, 0.2) is 36.7 Å². The summed E-state index contributed by atoms with van der Waals surface area (Å²) < 4.78 is 0. The molecule has 1 aromatic heterocycles. The van der Waals surface area contributed by atoms with Gasteiger partial charge in [0.15, 0.2) is 0 Å². The largest absolute Gasteiger partial charge is 0.361 e. The molecule has 0 radical (unpaired) electrons. The second-order valence-corrected chi connectivity index (χ2v) is 8.00. The van der Waals surface area contributed by atoms with E-state index in [0.717, 1.165) is 41.3 Å². The maximum atomic E-state index is 13.3. The van der Waals surface area contributed by atoms with Crippen molar-refractivity contribution in [3.63, 3.8) is 0 Å². The van der Waals surface area contributed by atoms with Gasteiger partial charge in [0, 0.05) is 42.8 Å². The van der Waals surface area contributed by atoms with Gasteiger partial charge in [-0.1, -0.05) is 37.5 Å². The topological polar surface area (TPSA) is 94.3 Å². The first kappa shape index (κ1) is 21.6. The maximum Gasteiger partial charge on any atom is 0.249 e. The normalized spacial score (nSPS) is 16.2. The van der Waals surface area contributed by atoms with Crippen LogP contribution in [0, 0.1) is 0 Å². The number of aromatic nitrogens is 1. The number of H-pyrrole nitrogens is 1. The Bertz CT molecular complexity index is 970. The third-order valence-electron chi connectivity index (χ3n) is 6.04. The van der Waals surface area contributed by atoms with Gasteiger partial charge < -0.3 is 20.5 Å². The number of fused-ring (bicyclic) bond motifs is 1. The van der Waals surface area contributed by atoms with Gasteiger partial charge in [-0.25, -0.2) is 0 Å². The summed E-state index contributed by atoms with van der Waals surface area (Å²) in [5, 5.41) is 6.57. The first-order valence-electron chi connectivity index (χ1n) is 10.4. The molecule has 7 nitrogen and oxygen atoms in total. The molecule has 1 aliphatic rings. The molecule has 160 valence electrons. The molecule has 1 aliphatic carbocycles. The summed E-state index contributed by atoms with van der Waals surface area (Å²) in [5.74, 6) is -0.712. The van der Waals surface area contributed by atoms with Gasteiger partial charge in [0.05, 0.1) is 6.54 Å². The zero-order chi connectivity index (χ0) is 21.7. The van der Waals surface area contributed by atoms with Gasteiger partial charge in [0.25, 0.3) is 0 Å². The van der Waals surface area contributed by atoms with Crippen molar-refractivity contribution in [1.82, 2.24) is 20.5 Å². The van der Waals surface area contributed by atoms with Crippen molar-refractivity contribution >= 4 is 34.2 Å². The highest BCUT2D eigenvalue weighted by atomic mass is 16.2. The van der Waals surface area contributed by atoms with Gasteiger partial charge in [-0.2, -0.15) is 0 Å². The SMILES string of the molecule is CC(=O)NCC(=O)N(C)C1(C(=O)NC=C(C)c2c[nH]c3ccccc23)CCCCC1. The molecule has 1 heterocycles. The number of likely N-dealkylation sites (N-methyl/N-ethyl adjacent to an activating group) is 1. The molecule has 2 aromatic rings. The van der Waals surface area contributed by atoms with E-state index in [2.05, 4.69) is 15.6 Å². The van der Waals surface area contributed by atoms with E-state index in [4.69, 9.17) is 0 Å². The van der Waals surface area contributed by atoms with Gasteiger partial charge in [-0.05, 0) is 31.4 Å². The quantitative estimate of drug-likeness (QED) is 0.683. The molecule has 0 atom stereocenters. The summed E-state index contributed by atoms with van der Waals surface area (Å²) in [4.78, 5) is 41.9. The van der Waals surface area contributed by atoms with Crippen LogP contribution < -0.4 is 10.6 Å². The number of allylic oxidation sites excluding steroid dienone is 1. The minimum Gasteiger partial charge on any atom is -0.361 e. The van der Waals surface area contributed by atoms with Crippen molar-refractivity contribution in [3.05, 3.63) is 42.2 Å². The standard InChI is InChI=1S/C23H30N4O3/c1-16(19-14-25-20-10-6-5-9-18(19)20)13-26-22(30)23(11-7-4-8-12-23)27(3)21(29)15-24-17(2)28/h5-6,9-10,13-14,25H,4,7-8,11-12,15H2,1-3H3,(H,24,28)(H,26,30). The van der Waals surface area contributed by atoms with Gasteiger partial charge in [0.2, 0.25) is 17.7 Å². The first-order chi connectivity index (χ1) is 14.3. The van der Waals surface area contributed by atoms with Crippen LogP contribution >= 0.6 is 0 Å². The van der Waals surface area contributed by atoms with Crippen molar-refractivity contribution in [2.75, 3.05) is 13.6 Å². The Hall–Kier alpha value is -3.09. The Morgan fingerprint density at radius 1 is 1.13 bits per heavy atom. The number of nitrogens with zero attached hydrogens (tertiary/aromatic N) is 1. The van der Waals surface area contributed by atoms with Crippen LogP contribution in [0.25, 0.3) is 16.5 Å². The Morgan fingerprint density at radius 2 is 1.83 bits per heavy atom. The van der Waals surface area contributed by atoms with E-state index < -0.39 is 5.54 Å². The summed E-state index contributed by atoms with van der Waals surface area (Å²) >= 11 is 0. The Morgan fingerprint density at radius 3 is 2.53 bits per heavy atom. The molecule has 0 spiro atoms. The lowest BCUT2D eigenvalue weighted by atomic mass is 9.79. The summed E-state index contributed by atoms with van der Waals surface area (Å²) in [6.45, 7) is 3.22. The van der Waals surface area contributed by atoms with E-state index >= 15 is 0 Å². The fraction of sp³-hybridized carbons (Fsp3) is 0.435. The van der Waals surface area contributed by atoms with E-state index in [1.165, 1.54) is 11.8 Å². The van der Waals surface area contributed by atoms with Crippen molar-refractivity contribution < 1.29 is 14.4 Å². The fourth-order valence-corrected chi connectivity index (χ4v) is 4.19. The lowest BCUT2D eigenvalue weighted by molar-refractivity contribution is -0.147. The van der Waals surface area contributed by atoms with Crippen LogP contribution in [-0.4, -0.2) is 46.7 Å². The van der Waals surface area contributed by atoms with Crippen LogP contribution in [0.2, 0.25) is 0 Å². The van der Waals surface area contributed by atoms with Gasteiger partial charge in [-0.3, -0.25) is 14.4 Å². The molecule has 0 bridgehead atoms. The predicted molar refractivity (Wildman–Crippen MR) is 117 cm³/mol. The van der Waals surface area contributed by atoms with E-state index in [1.54, 1.807) is 13.2 Å². The fourth-order valence-electron chi connectivity index (χ4n) is 4.19. The monoisotopic (exact) mass is 410 g/mol. The first-order valence-corrected chi connectivity index (χ1v) is 10.4. The zero-order valence-electron chi connectivity index (χ0n) is 17.9. The Labute approximate surface area is 176 Å². The minimum atomic E-state index is -0.898. The molecule has 0 unspecified atom stereocenters. The highest BCUT2D eigenvalue weighted by molar-refractivity contribution is 5.95. The second-order valence-electron chi connectivity index (χ2n) is 8.00. The number of hydrogen-bond donors (Lipinski definition) is 3. The van der Waals surface area contributed by atoms with Crippen molar-refractivity contribution in [3.8, 4) is 0 Å². The van der Waals surface area contributed by atoms with E-state index in [9.17, 15) is 14.4 Å². The molecule has 3 N–H and O–H groups in total. The van der Waals surface area contributed by atoms with E-state index in [1.807, 2.05) is 37.4 Å². The van der Waals surface area contributed by atoms with E-state index in [-0.39, 0.29) is 24.3 Å². The molecule has 3 rings (SSSR count). The van der Waals surface area contributed by atoms with Crippen LogP contribution in [0.5, 0.6) is 0 Å². The molecule has 0 aliphatic heterocycles. The number of rotatable bonds is 6. The van der Waals surface area contributed by atoms with E-state index in [0.29, 0.717) is 12.8 Å². The number of carbonyl (C=O) groups excluding carboxylic acids is 3. The molecule has 1 saturated carbocycles. The van der Waals surface area contributed by atoms with Crippen LogP contribution in [0.3, 0.4) is 0 Å². The maximum absolute atomic E-state index is 13.3. The number of nitrogens with one attached hydrogen (secondary N) is 3. The smallest absolute Gasteiger partial charge is 0.249 e. The molecular formula is C23H30N4O3. The summed E-state index contributed by atoms with van der Waals surface area (Å²) in [5.41, 5.74) is 2.10. The van der Waals surface area contributed by atoms with Crippen molar-refractivity contribution in [2.24, 2.45) is 0 Å². The molecule has 1 fully saturated rings. The summed E-state index contributed by atoms with van der Waals surface area (Å²) in [7, 11) is 1.66. The predicted octanol–water partition coefficient (Wildman–Crippen LogP) is 2.94. The molecule has 1 aromatic carbocycles. The molecule has 30 heavy (non-hydrogen) atoms. The van der Waals surface area contributed by atoms with Crippen molar-refractivity contribution in [1.29, 1.82) is 0 Å². The van der Waals surface area contributed by atoms with Gasteiger partial charge >= 0.3 is 0 Å². The number of aromatic amines is 1. The van der Waals surface area contributed by atoms with Crippen LogP contribution in [0.1, 0.15) is 51.5 Å². The number of carbonyl (C=O) groups is 3. The Balaban J connectivity index is 1.79. The molecule has 7 heteroatoms. The minimum absolute atomic E-state index is 0.106. The molecule has 0 saturated heterocycles. The average molecular weight is 411 g/mol. The number of benzene rings is 1. The lowest BCUT2D eigenvalue weighted by Gasteiger charge is -2.43. The third-order valence-corrected chi connectivity index (χ3v) is 6.04. The molecule has 3 amide bonds. The lowest BCUT2D eigenvalue weighted by Crippen LogP contribution is -2.60. The van der Waals surface area contributed by atoms with Gasteiger partial charge in [-0.15, -0.1) is 0 Å². The second kappa shape index (κ2) is 9.15. The van der Waals surface area contributed by atoms with Crippen LogP contribution in [0.4, 0.5) is 0 Å². The number of para-hydroxylation sites is 1. The average Bonchev–Trinajstić information content (AvgIpc) is 3.19. The third kappa shape index (κ3) is 4.40. The summed E-state index contributed by atoms with van der Waals surface area (Å²) in [6, 6.07) is 8.01. The summed E-state index contributed by atoms with van der Waals surface area (Å²) in [6.07, 6.45) is 7.70. The zero-order valence-corrected chi connectivity index (χ0v) is 17.9. The number of hydrogen-bond acceptors (Lipinski definition) is 3. The highest BCUT2D eigenvalue weighted by Crippen LogP contribution is 2.33. The molecular weight excluding hydrogens is 380 g/mol. The van der Waals surface area contributed by atoms with Crippen molar-refractivity contribution in [2.45, 2.75) is 51.5 Å². The van der Waals surface area contributed by atoms with Crippen LogP contribution in [-0.2, 0) is 14.4 Å². The Kier molecular flexibility index (Phi) is 6.59. The van der Waals surface area contributed by atoms with Gasteiger partial charge in [0.1, 0.15) is 5.54 Å². The highest BCUT2D eigenvalue weighted by Gasteiger charge is 2.44. The number of amides is 3.